The molecular formula is C16H24O2. The minimum Gasteiger partial charge on any atom is -0.507 e. The number of ether oxygens (including phenoxy) is 1. The van der Waals surface area contributed by atoms with Crippen molar-refractivity contribution in [2.75, 3.05) is 7.11 Å². The van der Waals surface area contributed by atoms with E-state index in [1.807, 2.05) is 13.0 Å². The molecule has 2 atom stereocenters. The lowest BCUT2D eigenvalue weighted by Gasteiger charge is -2.34. The Labute approximate surface area is 110 Å². The summed E-state index contributed by atoms with van der Waals surface area (Å²) in [6, 6.07) is 1.97. The van der Waals surface area contributed by atoms with Crippen LogP contribution in [0.15, 0.2) is 6.07 Å². The summed E-state index contributed by atoms with van der Waals surface area (Å²) in [7, 11) is 1.72. The van der Waals surface area contributed by atoms with Gasteiger partial charge in [-0.1, -0.05) is 20.8 Å². The molecule has 0 bridgehead atoms. The summed E-state index contributed by atoms with van der Waals surface area (Å²) < 4.78 is 5.54. The van der Waals surface area contributed by atoms with Gasteiger partial charge in [0, 0.05) is 11.1 Å². The highest BCUT2D eigenvalue weighted by Gasteiger charge is 2.32. The first-order valence-corrected chi connectivity index (χ1v) is 6.87. The van der Waals surface area contributed by atoms with Gasteiger partial charge in [-0.3, -0.25) is 0 Å². The molecule has 2 heteroatoms. The van der Waals surface area contributed by atoms with Crippen LogP contribution in [0.3, 0.4) is 0 Å². The summed E-state index contributed by atoms with van der Waals surface area (Å²) in [5.41, 5.74) is 3.29. The lowest BCUT2D eigenvalue weighted by molar-refractivity contribution is 0.358. The first-order chi connectivity index (χ1) is 8.47. The predicted molar refractivity (Wildman–Crippen MR) is 74.6 cm³/mol. The average Bonchev–Trinajstić information content (AvgIpc) is 2.33. The maximum absolute atomic E-state index is 10.4. The second kappa shape index (κ2) is 4.83. The summed E-state index contributed by atoms with van der Waals surface area (Å²) >= 11 is 0. The fraction of sp³-hybridized carbons (Fsp3) is 0.625. The summed E-state index contributed by atoms with van der Waals surface area (Å²) in [6.45, 7) is 8.65. The van der Waals surface area contributed by atoms with Crippen LogP contribution in [0.4, 0.5) is 0 Å². The van der Waals surface area contributed by atoms with E-state index in [4.69, 9.17) is 4.74 Å². The molecule has 1 N–H and O–H groups in total. The summed E-state index contributed by atoms with van der Waals surface area (Å²) in [5.74, 6) is 2.89. The van der Waals surface area contributed by atoms with Gasteiger partial charge < -0.3 is 9.84 Å². The van der Waals surface area contributed by atoms with Gasteiger partial charge in [0.1, 0.15) is 11.5 Å². The van der Waals surface area contributed by atoms with Crippen LogP contribution in [0, 0.1) is 12.8 Å². The van der Waals surface area contributed by atoms with Crippen molar-refractivity contribution in [1.29, 1.82) is 0 Å². The molecule has 0 heterocycles. The molecule has 0 saturated heterocycles. The molecule has 1 aliphatic carbocycles. The van der Waals surface area contributed by atoms with Crippen molar-refractivity contribution in [1.82, 2.24) is 0 Å². The van der Waals surface area contributed by atoms with Crippen LogP contribution in [-0.2, 0) is 0 Å². The Kier molecular flexibility index (Phi) is 3.56. The first kappa shape index (κ1) is 13.3. The molecule has 18 heavy (non-hydrogen) atoms. The van der Waals surface area contributed by atoms with E-state index in [1.165, 1.54) is 12.0 Å². The van der Waals surface area contributed by atoms with Crippen LogP contribution in [-0.4, -0.2) is 12.2 Å². The first-order valence-electron chi connectivity index (χ1n) is 6.87. The summed E-state index contributed by atoms with van der Waals surface area (Å²) in [5, 5.41) is 10.4. The molecule has 0 aromatic heterocycles. The van der Waals surface area contributed by atoms with Gasteiger partial charge in [-0.25, -0.2) is 0 Å². The Hall–Kier alpha value is -1.18. The molecule has 0 amide bonds. The largest absolute Gasteiger partial charge is 0.507 e. The number of methoxy groups -OCH3 is 1. The van der Waals surface area contributed by atoms with E-state index in [9.17, 15) is 5.11 Å². The van der Waals surface area contributed by atoms with Gasteiger partial charge in [-0.05, 0) is 49.1 Å². The molecule has 1 aliphatic rings. The Morgan fingerprint density at radius 3 is 2.50 bits per heavy atom. The molecular weight excluding hydrogens is 224 g/mol. The van der Waals surface area contributed by atoms with E-state index in [-0.39, 0.29) is 0 Å². The van der Waals surface area contributed by atoms with Gasteiger partial charge in [0.25, 0.3) is 0 Å². The van der Waals surface area contributed by atoms with E-state index in [0.717, 1.165) is 23.3 Å². The van der Waals surface area contributed by atoms with Crippen molar-refractivity contribution >= 4 is 0 Å². The molecule has 0 saturated carbocycles. The predicted octanol–water partition coefficient (Wildman–Crippen LogP) is 4.35. The molecule has 1 aromatic rings. The monoisotopic (exact) mass is 248 g/mol. The second-order valence-electron chi connectivity index (χ2n) is 5.90. The number of fused-ring (bicyclic) bond motifs is 1. The van der Waals surface area contributed by atoms with Gasteiger partial charge in [-0.2, -0.15) is 0 Å². The zero-order valence-corrected chi connectivity index (χ0v) is 12.1. The Bertz CT molecular complexity index is 449. The molecule has 1 aromatic carbocycles. The van der Waals surface area contributed by atoms with Crippen LogP contribution in [0.5, 0.6) is 11.5 Å². The van der Waals surface area contributed by atoms with Crippen molar-refractivity contribution in [3.05, 3.63) is 22.8 Å². The second-order valence-corrected chi connectivity index (χ2v) is 5.90. The van der Waals surface area contributed by atoms with Crippen LogP contribution in [0.2, 0.25) is 0 Å². The summed E-state index contributed by atoms with van der Waals surface area (Å²) in [4.78, 5) is 0. The minimum absolute atomic E-state index is 0.449. The zero-order chi connectivity index (χ0) is 13.4. The Morgan fingerprint density at radius 1 is 1.28 bits per heavy atom. The van der Waals surface area contributed by atoms with E-state index in [1.54, 1.807) is 7.11 Å². The van der Waals surface area contributed by atoms with Gasteiger partial charge in [0.05, 0.1) is 7.11 Å². The lowest BCUT2D eigenvalue weighted by atomic mass is 9.72. The van der Waals surface area contributed by atoms with Crippen molar-refractivity contribution in [2.45, 2.75) is 52.4 Å². The number of aryl methyl sites for hydroxylation is 1. The zero-order valence-electron chi connectivity index (χ0n) is 12.1. The van der Waals surface area contributed by atoms with E-state index in [0.29, 0.717) is 23.5 Å². The maximum Gasteiger partial charge on any atom is 0.123 e. The van der Waals surface area contributed by atoms with Crippen LogP contribution >= 0.6 is 0 Å². The van der Waals surface area contributed by atoms with E-state index in [2.05, 4.69) is 20.8 Å². The smallest absolute Gasteiger partial charge is 0.123 e. The molecule has 0 fully saturated rings. The fourth-order valence-corrected chi connectivity index (χ4v) is 3.25. The number of rotatable bonds is 2. The highest BCUT2D eigenvalue weighted by molar-refractivity contribution is 5.56. The van der Waals surface area contributed by atoms with Crippen LogP contribution < -0.4 is 4.74 Å². The number of phenolic OH excluding ortho intramolecular Hbond substituents is 1. The molecule has 0 spiro atoms. The standard InChI is InChI=1S/C16H24O2/c1-9(2)12-7-6-10(3)14-13(18-5)8-11(4)16(17)15(12)14/h8-10,12,17H,6-7H2,1-5H3/t10-,12+/m0/s1. The maximum atomic E-state index is 10.4. The van der Waals surface area contributed by atoms with Crippen molar-refractivity contribution in [3.63, 3.8) is 0 Å². The van der Waals surface area contributed by atoms with Crippen LogP contribution in [0.25, 0.3) is 0 Å². The third kappa shape index (κ3) is 1.98. The third-order valence-corrected chi connectivity index (χ3v) is 4.33. The molecule has 0 unspecified atom stereocenters. The van der Waals surface area contributed by atoms with E-state index < -0.39 is 0 Å². The van der Waals surface area contributed by atoms with Crippen molar-refractivity contribution < 1.29 is 9.84 Å². The van der Waals surface area contributed by atoms with E-state index >= 15 is 0 Å². The van der Waals surface area contributed by atoms with Gasteiger partial charge >= 0.3 is 0 Å². The fourth-order valence-electron chi connectivity index (χ4n) is 3.25. The molecule has 0 radical (unpaired) electrons. The topological polar surface area (TPSA) is 29.5 Å². The third-order valence-electron chi connectivity index (χ3n) is 4.33. The molecule has 0 aliphatic heterocycles. The van der Waals surface area contributed by atoms with Crippen LogP contribution in [0.1, 0.15) is 62.1 Å². The number of hydrogen-bond acceptors (Lipinski definition) is 2. The molecule has 2 rings (SSSR count). The molecule has 2 nitrogen and oxygen atoms in total. The van der Waals surface area contributed by atoms with Gasteiger partial charge in [-0.15, -0.1) is 0 Å². The van der Waals surface area contributed by atoms with Crippen molar-refractivity contribution in [2.24, 2.45) is 5.92 Å². The Balaban J connectivity index is 2.69. The number of benzene rings is 1. The van der Waals surface area contributed by atoms with Gasteiger partial charge in [0.15, 0.2) is 0 Å². The lowest BCUT2D eigenvalue weighted by Crippen LogP contribution is -2.18. The normalized spacial score (nSPS) is 23.0. The highest BCUT2D eigenvalue weighted by Crippen LogP contribution is 2.50. The number of hydrogen-bond donors (Lipinski definition) is 1. The summed E-state index contributed by atoms with van der Waals surface area (Å²) in [6.07, 6.45) is 2.33. The molecule has 100 valence electrons. The average molecular weight is 248 g/mol. The highest BCUT2D eigenvalue weighted by atomic mass is 16.5. The minimum atomic E-state index is 0.449. The number of phenols is 1. The Morgan fingerprint density at radius 2 is 1.94 bits per heavy atom. The number of aromatic hydroxyl groups is 1. The van der Waals surface area contributed by atoms with Crippen molar-refractivity contribution in [3.8, 4) is 11.5 Å². The quantitative estimate of drug-likeness (QED) is 0.843. The van der Waals surface area contributed by atoms with Gasteiger partial charge in [0.2, 0.25) is 0 Å². The SMILES string of the molecule is COc1cc(C)c(O)c2c1[C@@H](C)CC[C@@H]2C(C)C.